The molecule has 2 heterocycles. The van der Waals surface area contributed by atoms with Gasteiger partial charge >= 0.3 is 6.61 Å². The molecule has 178 valence electrons. The largest absolute Gasteiger partial charge is 0.452 e. The van der Waals surface area contributed by atoms with E-state index in [4.69, 9.17) is 27.6 Å². The van der Waals surface area contributed by atoms with Crippen molar-refractivity contribution in [3.63, 3.8) is 0 Å². The number of pyridine rings is 1. The van der Waals surface area contributed by atoms with E-state index in [0.717, 1.165) is 0 Å². The smallest absolute Gasteiger partial charge is 0.387 e. The summed E-state index contributed by atoms with van der Waals surface area (Å²) in [6, 6.07) is 6.78. The molecular weight excluding hydrogens is 515 g/mol. The lowest BCUT2D eigenvalue weighted by molar-refractivity contribution is -0.0493. The number of nitrogens with one attached hydrogen (secondary N) is 2. The van der Waals surface area contributed by atoms with E-state index in [-0.39, 0.29) is 55.0 Å². The maximum absolute atomic E-state index is 13.2. The third-order valence-corrected chi connectivity index (χ3v) is 6.67. The summed E-state index contributed by atoms with van der Waals surface area (Å²) in [5.41, 5.74) is 0.423. The van der Waals surface area contributed by atoms with E-state index in [0.29, 0.717) is 5.39 Å². The number of hydrogen-bond donors (Lipinski definition) is 2. The van der Waals surface area contributed by atoms with Crippen LogP contribution < -0.4 is 14.8 Å². The number of fused-ring (bicyclic) bond motifs is 3. The van der Waals surface area contributed by atoms with Gasteiger partial charge in [-0.2, -0.15) is 8.78 Å². The Morgan fingerprint density at radius 2 is 1.88 bits per heavy atom. The molecule has 0 unspecified atom stereocenters. The van der Waals surface area contributed by atoms with Gasteiger partial charge in [-0.15, -0.1) is 0 Å². The molecule has 0 radical (unpaired) electrons. The highest BCUT2D eigenvalue weighted by atomic mass is 35.5. The average molecular weight is 530 g/mol. The third-order valence-electron chi connectivity index (χ3n) is 4.79. The summed E-state index contributed by atoms with van der Waals surface area (Å²) in [5.74, 6) is -1.13. The van der Waals surface area contributed by atoms with Gasteiger partial charge in [-0.25, -0.2) is 8.42 Å². The number of aromatic nitrogens is 1. The zero-order valence-electron chi connectivity index (χ0n) is 17.2. The fraction of sp³-hybridized carbons (Fsp3) is 0.143. The molecule has 2 aromatic carbocycles. The van der Waals surface area contributed by atoms with E-state index in [1.807, 2.05) is 0 Å². The van der Waals surface area contributed by atoms with Crippen molar-refractivity contribution >= 4 is 72.4 Å². The fourth-order valence-corrected chi connectivity index (χ4v) is 4.35. The Balaban J connectivity index is 1.90. The van der Waals surface area contributed by atoms with E-state index in [2.05, 4.69) is 19.8 Å². The molecule has 0 bridgehead atoms. The van der Waals surface area contributed by atoms with E-state index >= 15 is 0 Å². The first-order chi connectivity index (χ1) is 16.1. The minimum Gasteiger partial charge on any atom is -0.452 e. The van der Waals surface area contributed by atoms with E-state index in [9.17, 15) is 22.0 Å². The first kappa shape index (κ1) is 24.0. The number of sulfonamides is 1. The zero-order valence-corrected chi connectivity index (χ0v) is 19.6. The molecule has 0 fully saturated rings. The third kappa shape index (κ3) is 4.72. The molecule has 2 aromatic heterocycles. The number of rotatable bonds is 7. The Kier molecular flexibility index (Phi) is 6.52. The summed E-state index contributed by atoms with van der Waals surface area (Å²) in [6.45, 7) is -1.67. The molecule has 4 aromatic rings. The number of hydrogen-bond acceptors (Lipinski definition) is 6. The quantitative estimate of drug-likeness (QED) is 0.308. The second-order valence-corrected chi connectivity index (χ2v) is 9.77. The zero-order chi connectivity index (χ0) is 24.6. The van der Waals surface area contributed by atoms with Crippen molar-refractivity contribution in [2.45, 2.75) is 13.5 Å². The van der Waals surface area contributed by atoms with E-state index in [1.165, 1.54) is 49.6 Å². The van der Waals surface area contributed by atoms with Crippen LogP contribution in [0.4, 0.5) is 20.2 Å². The summed E-state index contributed by atoms with van der Waals surface area (Å²) in [7, 11) is -3.60. The molecular formula is C21H15Cl2F2N3O5S. The predicted octanol–water partition coefficient (Wildman–Crippen LogP) is 5.90. The van der Waals surface area contributed by atoms with Crippen LogP contribution in [0.25, 0.3) is 21.9 Å². The van der Waals surface area contributed by atoms with Gasteiger partial charge in [-0.1, -0.05) is 23.2 Å². The molecule has 8 nitrogen and oxygen atoms in total. The van der Waals surface area contributed by atoms with Gasteiger partial charge in [0.1, 0.15) is 5.58 Å². The number of nitrogens with zero attached hydrogens (tertiary/aromatic N) is 1. The lowest BCUT2D eigenvalue weighted by Gasteiger charge is -2.11. The van der Waals surface area contributed by atoms with Gasteiger partial charge in [0.2, 0.25) is 10.0 Å². The first-order valence-corrected chi connectivity index (χ1v) is 12.1. The van der Waals surface area contributed by atoms with Crippen molar-refractivity contribution in [1.29, 1.82) is 0 Å². The molecule has 2 N–H and O–H groups in total. The molecule has 0 aliphatic heterocycles. The lowest BCUT2D eigenvalue weighted by Crippen LogP contribution is -2.14. The maximum Gasteiger partial charge on any atom is 0.387 e. The summed E-state index contributed by atoms with van der Waals surface area (Å²) in [6.07, 6.45) is 2.58. The Hall–Kier alpha value is -3.15. The first-order valence-electron chi connectivity index (χ1n) is 9.64. The molecule has 0 aliphatic rings. The van der Waals surface area contributed by atoms with Crippen LogP contribution >= 0.6 is 23.2 Å². The van der Waals surface area contributed by atoms with E-state index in [1.54, 1.807) is 0 Å². The summed E-state index contributed by atoms with van der Waals surface area (Å²) in [4.78, 5) is 17.0. The van der Waals surface area contributed by atoms with Crippen LogP contribution in [-0.4, -0.2) is 31.7 Å². The topological polar surface area (TPSA) is 111 Å². The monoisotopic (exact) mass is 529 g/mol. The van der Waals surface area contributed by atoms with Gasteiger partial charge in [0.15, 0.2) is 11.3 Å². The van der Waals surface area contributed by atoms with Crippen molar-refractivity contribution < 1.29 is 31.1 Å². The van der Waals surface area contributed by atoms with Gasteiger partial charge < -0.3 is 14.5 Å². The van der Waals surface area contributed by atoms with Crippen molar-refractivity contribution in [1.82, 2.24) is 4.98 Å². The van der Waals surface area contributed by atoms with Gasteiger partial charge in [-0.3, -0.25) is 14.5 Å². The minimum atomic E-state index is -3.60. The number of anilines is 2. The van der Waals surface area contributed by atoms with Crippen LogP contribution in [0.3, 0.4) is 0 Å². The number of carbonyl (C=O) groups is 1. The summed E-state index contributed by atoms with van der Waals surface area (Å²) >= 11 is 12.2. The second-order valence-electron chi connectivity index (χ2n) is 6.94. The van der Waals surface area contributed by atoms with E-state index < -0.39 is 22.5 Å². The standard InChI is InChI=1S/C21H15Cl2F2N3O5S/c1-2-34(30,31)28-10-3-5-15-12(7-10)17-11(4-6-16(19(17)32-15)33-21(24)25)20(29)27-18-13(22)8-26-9-14(18)23/h3-9,21,28H,2H2,1H3,(H,26,27,29). The number of alkyl halides is 2. The fourth-order valence-electron chi connectivity index (χ4n) is 3.26. The SMILES string of the molecule is CCS(=O)(=O)Nc1ccc2oc3c(OC(F)F)ccc(C(=O)Nc4c(Cl)cncc4Cl)c3c2c1. The molecule has 0 atom stereocenters. The predicted molar refractivity (Wildman–Crippen MR) is 126 cm³/mol. The van der Waals surface area contributed by atoms with Crippen LogP contribution in [0.1, 0.15) is 17.3 Å². The molecule has 1 amide bonds. The molecule has 0 saturated heterocycles. The van der Waals surface area contributed by atoms with Crippen molar-refractivity contribution in [2.24, 2.45) is 0 Å². The number of furan rings is 1. The Labute approximate surface area is 201 Å². The van der Waals surface area contributed by atoms with Crippen LogP contribution in [0.2, 0.25) is 10.0 Å². The summed E-state index contributed by atoms with van der Waals surface area (Å²) in [5, 5.41) is 3.17. The normalized spacial score (nSPS) is 11.8. The van der Waals surface area contributed by atoms with Gasteiger partial charge in [0.05, 0.1) is 27.0 Å². The number of benzene rings is 2. The highest BCUT2D eigenvalue weighted by Crippen LogP contribution is 2.39. The van der Waals surface area contributed by atoms with Gasteiger partial charge in [-0.05, 0) is 37.3 Å². The average Bonchev–Trinajstić information content (AvgIpc) is 3.15. The molecule has 4 rings (SSSR count). The van der Waals surface area contributed by atoms with Gasteiger partial charge in [0.25, 0.3) is 5.91 Å². The number of carbonyl (C=O) groups excluding carboxylic acids is 1. The Bertz CT molecular complexity index is 1510. The molecule has 0 aliphatic carbocycles. The Morgan fingerprint density at radius 3 is 2.53 bits per heavy atom. The number of halogens is 4. The highest BCUT2D eigenvalue weighted by molar-refractivity contribution is 7.92. The molecule has 13 heteroatoms. The minimum absolute atomic E-state index is 0.0230. The van der Waals surface area contributed by atoms with Crippen molar-refractivity contribution in [3.05, 3.63) is 58.3 Å². The van der Waals surface area contributed by atoms with Crippen LogP contribution in [-0.2, 0) is 10.0 Å². The molecule has 0 saturated carbocycles. The molecule has 0 spiro atoms. The van der Waals surface area contributed by atoms with Gasteiger partial charge in [0, 0.05) is 28.9 Å². The lowest BCUT2D eigenvalue weighted by atomic mass is 10.0. The number of ether oxygens (including phenoxy) is 1. The maximum atomic E-state index is 13.2. The number of amides is 1. The molecule has 34 heavy (non-hydrogen) atoms. The Morgan fingerprint density at radius 1 is 1.18 bits per heavy atom. The van der Waals surface area contributed by atoms with Crippen molar-refractivity contribution in [3.8, 4) is 5.75 Å². The van der Waals surface area contributed by atoms with Crippen LogP contribution in [0, 0.1) is 0 Å². The highest BCUT2D eigenvalue weighted by Gasteiger charge is 2.23. The second kappa shape index (κ2) is 9.24. The summed E-state index contributed by atoms with van der Waals surface area (Å²) < 4.78 is 62.6. The van der Waals surface area contributed by atoms with Crippen LogP contribution in [0.5, 0.6) is 5.75 Å². The van der Waals surface area contributed by atoms with Crippen LogP contribution in [0.15, 0.2) is 47.1 Å². The van der Waals surface area contributed by atoms with Crippen molar-refractivity contribution in [2.75, 3.05) is 15.8 Å².